The van der Waals surface area contributed by atoms with Gasteiger partial charge in [0.2, 0.25) is 0 Å². The van der Waals surface area contributed by atoms with Gasteiger partial charge in [-0.05, 0) is 59.7 Å². The van der Waals surface area contributed by atoms with E-state index in [2.05, 4.69) is 75.9 Å². The molecule has 2 amide bonds. The summed E-state index contributed by atoms with van der Waals surface area (Å²) in [5.74, 6) is 0.209. The molecule has 1 unspecified atom stereocenters. The molecule has 0 bridgehead atoms. The second-order valence-corrected chi connectivity index (χ2v) is 12.0. The predicted octanol–water partition coefficient (Wildman–Crippen LogP) is 8.79. The molecule has 0 saturated heterocycles. The van der Waals surface area contributed by atoms with Crippen molar-refractivity contribution in [2.45, 2.75) is 57.8 Å². The molecule has 3 aromatic rings. The van der Waals surface area contributed by atoms with Gasteiger partial charge in [-0.3, -0.25) is 9.59 Å². The lowest BCUT2D eigenvalue weighted by Gasteiger charge is -2.38. The number of amides is 2. The molecule has 2 aliphatic heterocycles. The minimum Gasteiger partial charge on any atom is -0.312 e. The quantitative estimate of drug-likeness (QED) is 0.322. The van der Waals surface area contributed by atoms with Crippen LogP contribution in [0.15, 0.2) is 88.3 Å². The molecule has 3 aliphatic rings. The average molecular weight is 521 g/mol. The normalized spacial score (nSPS) is 18.4. The highest BCUT2D eigenvalue weighted by molar-refractivity contribution is 8.03. The van der Waals surface area contributed by atoms with Crippen molar-refractivity contribution in [1.82, 2.24) is 0 Å². The molecule has 0 aromatic heterocycles. The van der Waals surface area contributed by atoms with Crippen molar-refractivity contribution in [3.8, 4) is 0 Å². The average Bonchev–Trinajstić information content (AvgIpc) is 3.15. The van der Waals surface area contributed by atoms with E-state index >= 15 is 0 Å². The maximum atomic E-state index is 14.0. The third kappa shape index (κ3) is 3.75. The number of hydrogen-bond donors (Lipinski definition) is 0. The number of benzene rings is 3. The monoisotopic (exact) mass is 520 g/mol. The van der Waals surface area contributed by atoms with E-state index in [1.165, 1.54) is 20.4 Å². The Hall–Kier alpha value is -3.57. The van der Waals surface area contributed by atoms with Crippen LogP contribution in [0, 0.1) is 5.92 Å². The molecule has 192 valence electrons. The maximum absolute atomic E-state index is 14.0. The zero-order chi connectivity index (χ0) is 26.7. The lowest BCUT2D eigenvalue weighted by atomic mass is 9.92. The molecule has 0 saturated carbocycles. The fourth-order valence-corrected chi connectivity index (χ4v) is 7.04. The van der Waals surface area contributed by atoms with Gasteiger partial charge in [0.05, 0.1) is 22.5 Å². The van der Waals surface area contributed by atoms with Crippen LogP contribution >= 0.6 is 11.8 Å². The molecule has 0 radical (unpaired) electrons. The summed E-state index contributed by atoms with van der Waals surface area (Å²) >= 11 is 1.80. The van der Waals surface area contributed by atoms with Crippen molar-refractivity contribution < 1.29 is 9.59 Å². The summed E-state index contributed by atoms with van der Waals surface area (Å²) in [5.41, 5.74) is 7.00. The Balaban J connectivity index is 1.49. The van der Waals surface area contributed by atoms with Gasteiger partial charge in [0, 0.05) is 27.1 Å². The Labute approximate surface area is 229 Å². The van der Waals surface area contributed by atoms with E-state index in [-0.39, 0.29) is 23.7 Å². The van der Waals surface area contributed by atoms with Gasteiger partial charge in [0.25, 0.3) is 11.8 Å². The number of fused-ring (bicyclic) bond motifs is 2. The smallest absolute Gasteiger partial charge is 0.266 e. The van der Waals surface area contributed by atoms with Gasteiger partial charge in [-0.2, -0.15) is 0 Å². The van der Waals surface area contributed by atoms with E-state index in [9.17, 15) is 9.59 Å². The van der Waals surface area contributed by atoms with E-state index in [1.807, 2.05) is 36.4 Å². The first kappa shape index (κ1) is 24.7. The Morgan fingerprint density at radius 1 is 0.816 bits per heavy atom. The second-order valence-electron chi connectivity index (χ2n) is 11.0. The summed E-state index contributed by atoms with van der Waals surface area (Å²) in [7, 11) is 0. The largest absolute Gasteiger partial charge is 0.312 e. The number of nitrogens with zero attached hydrogens (tertiary/aromatic N) is 2. The van der Waals surface area contributed by atoms with Crippen molar-refractivity contribution >= 4 is 40.6 Å². The number of imide groups is 1. The Morgan fingerprint density at radius 3 is 2.21 bits per heavy atom. The van der Waals surface area contributed by atoms with Crippen molar-refractivity contribution in [2.24, 2.45) is 5.92 Å². The Morgan fingerprint density at radius 2 is 1.50 bits per heavy atom. The predicted molar refractivity (Wildman–Crippen MR) is 157 cm³/mol. The number of rotatable bonds is 4. The SMILES string of the molecule is CC1CC=CC2=C1N(c1ccc3c(c1)C(=O)N(c1c(C(C)C)cccc1C(C)C)C3=O)c1ccccc1S2. The van der Waals surface area contributed by atoms with Gasteiger partial charge in [0.15, 0.2) is 0 Å². The van der Waals surface area contributed by atoms with Crippen LogP contribution in [0.2, 0.25) is 0 Å². The van der Waals surface area contributed by atoms with Crippen molar-refractivity contribution in [1.29, 1.82) is 0 Å². The molecule has 38 heavy (non-hydrogen) atoms. The van der Waals surface area contributed by atoms with E-state index < -0.39 is 0 Å². The number of carbonyl (C=O) groups is 2. The maximum Gasteiger partial charge on any atom is 0.266 e. The zero-order valence-electron chi connectivity index (χ0n) is 22.5. The summed E-state index contributed by atoms with van der Waals surface area (Å²) in [6.07, 6.45) is 5.42. The first-order valence-electron chi connectivity index (χ1n) is 13.4. The van der Waals surface area contributed by atoms with E-state index in [4.69, 9.17) is 0 Å². The minimum absolute atomic E-state index is 0.178. The van der Waals surface area contributed by atoms with Crippen molar-refractivity contribution in [3.05, 3.63) is 106 Å². The molecule has 5 heteroatoms. The number of thioether (sulfide) groups is 1. The summed E-state index contributed by atoms with van der Waals surface area (Å²) in [6, 6.07) is 20.3. The van der Waals surface area contributed by atoms with Crippen molar-refractivity contribution in [3.63, 3.8) is 0 Å². The van der Waals surface area contributed by atoms with E-state index in [0.717, 1.165) is 34.6 Å². The molecule has 4 nitrogen and oxygen atoms in total. The molecule has 0 N–H and O–H groups in total. The molecule has 1 aliphatic carbocycles. The minimum atomic E-state index is -0.243. The first-order valence-corrected chi connectivity index (χ1v) is 14.2. The fourth-order valence-electron chi connectivity index (χ4n) is 5.83. The van der Waals surface area contributed by atoms with Crippen LogP contribution in [-0.4, -0.2) is 11.8 Å². The summed E-state index contributed by atoms with van der Waals surface area (Å²) < 4.78 is 0. The van der Waals surface area contributed by atoms with E-state index in [0.29, 0.717) is 17.0 Å². The highest BCUT2D eigenvalue weighted by atomic mass is 32.2. The van der Waals surface area contributed by atoms with Crippen molar-refractivity contribution in [2.75, 3.05) is 9.80 Å². The van der Waals surface area contributed by atoms with E-state index in [1.54, 1.807) is 11.8 Å². The molecule has 0 fully saturated rings. The fraction of sp³-hybridized carbons (Fsp3) is 0.273. The van der Waals surface area contributed by atoms with Crippen LogP contribution in [0.5, 0.6) is 0 Å². The molecule has 0 spiro atoms. The van der Waals surface area contributed by atoms with Gasteiger partial charge < -0.3 is 4.90 Å². The Bertz CT molecular complexity index is 1520. The lowest BCUT2D eigenvalue weighted by Crippen LogP contribution is -2.31. The summed E-state index contributed by atoms with van der Waals surface area (Å²) in [5, 5.41) is 0. The highest BCUT2D eigenvalue weighted by Gasteiger charge is 2.40. The van der Waals surface area contributed by atoms with Crippen LogP contribution in [0.1, 0.15) is 84.7 Å². The van der Waals surface area contributed by atoms with Crippen LogP contribution in [0.25, 0.3) is 0 Å². The Kier molecular flexibility index (Phi) is 6.07. The standard InChI is InChI=1S/C33H32N2O2S/c1-19(2)23-11-9-12-24(20(3)4)31(23)35-32(36)25-17-16-22(18-26(25)33(35)37)34-27-13-6-7-14-28(27)38-29-15-8-10-21(5)30(29)34/h6-9,11-21H,10H2,1-5H3. The summed E-state index contributed by atoms with van der Waals surface area (Å²) in [6.45, 7) is 10.7. The third-order valence-corrected chi connectivity index (χ3v) is 8.87. The lowest BCUT2D eigenvalue weighted by molar-refractivity contribution is 0.0925. The van der Waals surface area contributed by atoms with Crippen LogP contribution in [0.4, 0.5) is 17.1 Å². The second kappa shape index (κ2) is 9.32. The molecule has 3 aromatic carbocycles. The molecular formula is C33H32N2O2S. The number of allylic oxidation sites excluding steroid dienone is 3. The summed E-state index contributed by atoms with van der Waals surface area (Å²) in [4.78, 5) is 34.0. The molecule has 2 heterocycles. The number of anilines is 3. The highest BCUT2D eigenvalue weighted by Crippen LogP contribution is 2.51. The number of hydrogen-bond acceptors (Lipinski definition) is 4. The van der Waals surface area contributed by atoms with Gasteiger partial charge in [0.1, 0.15) is 0 Å². The topological polar surface area (TPSA) is 40.6 Å². The number of carbonyl (C=O) groups excluding carboxylic acids is 2. The van der Waals surface area contributed by atoms with Crippen LogP contribution < -0.4 is 9.80 Å². The van der Waals surface area contributed by atoms with Gasteiger partial charge in [-0.15, -0.1) is 0 Å². The molecule has 6 rings (SSSR count). The van der Waals surface area contributed by atoms with Gasteiger partial charge >= 0.3 is 0 Å². The van der Waals surface area contributed by atoms with Crippen LogP contribution in [-0.2, 0) is 0 Å². The zero-order valence-corrected chi connectivity index (χ0v) is 23.3. The first-order chi connectivity index (χ1) is 18.3. The molecular weight excluding hydrogens is 488 g/mol. The van der Waals surface area contributed by atoms with Crippen LogP contribution in [0.3, 0.4) is 0 Å². The molecule has 1 atom stereocenters. The number of para-hydroxylation sites is 2. The third-order valence-electron chi connectivity index (χ3n) is 7.74. The van der Waals surface area contributed by atoms with Gasteiger partial charge in [-0.25, -0.2) is 4.90 Å². The van der Waals surface area contributed by atoms with Gasteiger partial charge in [-0.1, -0.05) is 88.9 Å².